The van der Waals surface area contributed by atoms with Crippen molar-refractivity contribution >= 4 is 39.1 Å². The van der Waals surface area contributed by atoms with E-state index in [1.54, 1.807) is 30.9 Å². The van der Waals surface area contributed by atoms with E-state index in [1.165, 1.54) is 10.4 Å². The third kappa shape index (κ3) is 4.27. The van der Waals surface area contributed by atoms with Crippen molar-refractivity contribution in [1.82, 2.24) is 19.4 Å². The monoisotopic (exact) mass is 446 g/mol. The number of carbonyl (C=O) groups is 1. The molecule has 1 amide bonds. The molecule has 0 atom stereocenters. The van der Waals surface area contributed by atoms with Gasteiger partial charge in [0.05, 0.1) is 16.4 Å². The predicted molar refractivity (Wildman–Crippen MR) is 105 cm³/mol. The van der Waals surface area contributed by atoms with Gasteiger partial charge >= 0.3 is 0 Å². The number of aromatic amines is 1. The largest absolute Gasteiger partial charge is 0.482 e. The molecular formula is C17H20Cl2N4O4S. The smallest absolute Gasteiger partial charge is 0.260 e. The molecule has 2 heterocycles. The Morgan fingerprint density at radius 2 is 1.89 bits per heavy atom. The number of hydrogen-bond acceptors (Lipinski definition) is 5. The van der Waals surface area contributed by atoms with Gasteiger partial charge in [-0.05, 0) is 32.0 Å². The molecular weight excluding hydrogens is 427 g/mol. The minimum absolute atomic E-state index is 0.186. The number of nitrogens with zero attached hydrogens (tertiary/aromatic N) is 3. The van der Waals surface area contributed by atoms with Crippen molar-refractivity contribution in [2.24, 2.45) is 0 Å². The summed E-state index contributed by atoms with van der Waals surface area (Å²) in [5, 5.41) is 7.45. The first-order valence-electron chi connectivity index (χ1n) is 8.57. The number of halogens is 2. The summed E-state index contributed by atoms with van der Waals surface area (Å²) in [5.74, 6) is 0.130. The molecule has 1 fully saturated rings. The van der Waals surface area contributed by atoms with Crippen molar-refractivity contribution in [3.8, 4) is 5.75 Å². The maximum Gasteiger partial charge on any atom is 0.260 e. The van der Waals surface area contributed by atoms with Crippen LogP contribution in [0.5, 0.6) is 5.75 Å². The number of amides is 1. The van der Waals surface area contributed by atoms with Crippen LogP contribution in [0.15, 0.2) is 23.1 Å². The zero-order chi connectivity index (χ0) is 20.5. The van der Waals surface area contributed by atoms with E-state index in [9.17, 15) is 13.2 Å². The molecule has 1 aliphatic rings. The number of benzene rings is 1. The fourth-order valence-corrected chi connectivity index (χ4v) is 5.27. The Morgan fingerprint density at radius 1 is 1.21 bits per heavy atom. The van der Waals surface area contributed by atoms with Crippen LogP contribution < -0.4 is 4.74 Å². The zero-order valence-corrected chi connectivity index (χ0v) is 17.7. The SMILES string of the molecule is Cc1n[nH]c(C)c1S(=O)(=O)N1CCN(C(=O)COc2ccc(Cl)cc2Cl)CC1. The number of aromatic nitrogens is 2. The van der Waals surface area contributed by atoms with Crippen molar-refractivity contribution in [3.63, 3.8) is 0 Å². The van der Waals surface area contributed by atoms with Gasteiger partial charge in [0.2, 0.25) is 10.0 Å². The summed E-state index contributed by atoms with van der Waals surface area (Å²) < 4.78 is 32.5. The Balaban J connectivity index is 1.58. The Labute approximate surface area is 173 Å². The number of carbonyl (C=O) groups excluding carboxylic acids is 1. The van der Waals surface area contributed by atoms with Gasteiger partial charge in [0.15, 0.2) is 6.61 Å². The minimum Gasteiger partial charge on any atom is -0.482 e. The normalized spacial score (nSPS) is 15.6. The molecule has 0 spiro atoms. The first-order chi connectivity index (χ1) is 13.2. The predicted octanol–water partition coefficient (Wildman–Crippen LogP) is 2.25. The van der Waals surface area contributed by atoms with Gasteiger partial charge in [-0.2, -0.15) is 9.40 Å². The average molecular weight is 447 g/mol. The lowest BCUT2D eigenvalue weighted by Gasteiger charge is -2.34. The van der Waals surface area contributed by atoms with Crippen LogP contribution in [0.3, 0.4) is 0 Å². The minimum atomic E-state index is -3.65. The molecule has 8 nitrogen and oxygen atoms in total. The molecule has 1 aromatic carbocycles. The fraction of sp³-hybridized carbons (Fsp3) is 0.412. The Morgan fingerprint density at radius 3 is 2.46 bits per heavy atom. The molecule has 0 radical (unpaired) electrons. The number of aryl methyl sites for hydroxylation is 2. The van der Waals surface area contributed by atoms with Crippen molar-refractivity contribution < 1.29 is 17.9 Å². The molecule has 2 aromatic rings. The van der Waals surface area contributed by atoms with E-state index in [0.29, 0.717) is 27.2 Å². The van der Waals surface area contributed by atoms with Crippen LogP contribution in [-0.4, -0.2) is 66.5 Å². The van der Waals surface area contributed by atoms with Crippen LogP contribution in [0.2, 0.25) is 10.0 Å². The van der Waals surface area contributed by atoms with E-state index >= 15 is 0 Å². The van der Waals surface area contributed by atoms with Gasteiger partial charge in [0, 0.05) is 31.2 Å². The Hall–Kier alpha value is -1.81. The van der Waals surface area contributed by atoms with Crippen LogP contribution in [0.1, 0.15) is 11.4 Å². The number of piperazine rings is 1. The van der Waals surface area contributed by atoms with Gasteiger partial charge in [-0.25, -0.2) is 8.42 Å². The molecule has 1 aromatic heterocycles. The highest BCUT2D eigenvalue weighted by molar-refractivity contribution is 7.89. The molecule has 152 valence electrons. The van der Waals surface area contributed by atoms with Gasteiger partial charge in [0.25, 0.3) is 5.91 Å². The van der Waals surface area contributed by atoms with E-state index in [0.717, 1.165) is 0 Å². The number of hydrogen-bond donors (Lipinski definition) is 1. The summed E-state index contributed by atoms with van der Waals surface area (Å²) in [6.45, 7) is 4.12. The number of nitrogens with one attached hydrogen (secondary N) is 1. The lowest BCUT2D eigenvalue weighted by molar-refractivity contribution is -0.134. The lowest BCUT2D eigenvalue weighted by atomic mass is 10.3. The van der Waals surface area contributed by atoms with Crippen LogP contribution in [-0.2, 0) is 14.8 Å². The number of ether oxygens (including phenoxy) is 1. The molecule has 0 aliphatic carbocycles. The molecule has 1 N–H and O–H groups in total. The molecule has 0 unspecified atom stereocenters. The molecule has 1 saturated heterocycles. The highest BCUT2D eigenvalue weighted by atomic mass is 35.5. The first kappa shape index (κ1) is 20.9. The van der Waals surface area contributed by atoms with Crippen LogP contribution in [0, 0.1) is 13.8 Å². The standard InChI is InChI=1S/C17H20Cl2N4O4S/c1-11-17(12(2)21-20-11)28(25,26)23-7-5-22(6-8-23)16(24)10-27-15-4-3-13(18)9-14(15)19/h3-4,9H,5-8,10H2,1-2H3,(H,20,21). The third-order valence-electron chi connectivity index (χ3n) is 4.49. The Kier molecular flexibility index (Phi) is 6.18. The maximum absolute atomic E-state index is 12.9. The van der Waals surface area contributed by atoms with E-state index < -0.39 is 10.0 Å². The van der Waals surface area contributed by atoms with Crippen LogP contribution in [0.25, 0.3) is 0 Å². The van der Waals surface area contributed by atoms with Gasteiger partial charge in [-0.15, -0.1) is 0 Å². The third-order valence-corrected chi connectivity index (χ3v) is 7.19. The summed E-state index contributed by atoms with van der Waals surface area (Å²) in [7, 11) is -3.65. The van der Waals surface area contributed by atoms with Gasteiger partial charge in [-0.1, -0.05) is 23.2 Å². The summed E-state index contributed by atoms with van der Waals surface area (Å²) in [6.07, 6.45) is 0. The summed E-state index contributed by atoms with van der Waals surface area (Å²) in [4.78, 5) is 14.2. The number of sulfonamides is 1. The van der Waals surface area contributed by atoms with Gasteiger partial charge in [0.1, 0.15) is 10.6 Å². The Bertz CT molecular complexity index is 966. The quantitative estimate of drug-likeness (QED) is 0.759. The van der Waals surface area contributed by atoms with Crippen molar-refractivity contribution in [2.75, 3.05) is 32.8 Å². The second kappa shape index (κ2) is 8.28. The fourth-order valence-electron chi connectivity index (χ4n) is 3.05. The molecule has 0 saturated carbocycles. The second-order valence-corrected chi connectivity index (χ2v) is 9.13. The molecule has 0 bridgehead atoms. The summed E-state index contributed by atoms with van der Waals surface area (Å²) in [6, 6.07) is 4.75. The highest BCUT2D eigenvalue weighted by Crippen LogP contribution is 2.27. The molecule has 3 rings (SSSR count). The van der Waals surface area contributed by atoms with E-state index in [2.05, 4.69) is 10.2 Å². The van der Waals surface area contributed by atoms with E-state index in [-0.39, 0.29) is 43.6 Å². The number of rotatable bonds is 5. The van der Waals surface area contributed by atoms with Crippen molar-refractivity contribution in [2.45, 2.75) is 18.7 Å². The molecule has 11 heteroatoms. The maximum atomic E-state index is 12.9. The second-order valence-electron chi connectivity index (χ2n) is 6.41. The highest BCUT2D eigenvalue weighted by Gasteiger charge is 2.33. The van der Waals surface area contributed by atoms with E-state index in [4.69, 9.17) is 27.9 Å². The van der Waals surface area contributed by atoms with E-state index in [1.807, 2.05) is 0 Å². The topological polar surface area (TPSA) is 95.6 Å². The van der Waals surface area contributed by atoms with Crippen LogP contribution in [0.4, 0.5) is 0 Å². The molecule has 1 aliphatic heterocycles. The van der Waals surface area contributed by atoms with Crippen LogP contribution >= 0.6 is 23.2 Å². The van der Waals surface area contributed by atoms with Crippen molar-refractivity contribution in [3.05, 3.63) is 39.6 Å². The van der Waals surface area contributed by atoms with Gasteiger partial charge in [-0.3, -0.25) is 9.89 Å². The first-order valence-corrected chi connectivity index (χ1v) is 10.8. The van der Waals surface area contributed by atoms with Gasteiger partial charge < -0.3 is 9.64 Å². The zero-order valence-electron chi connectivity index (χ0n) is 15.4. The number of H-pyrrole nitrogens is 1. The summed E-state index contributed by atoms with van der Waals surface area (Å²) >= 11 is 11.9. The molecule has 28 heavy (non-hydrogen) atoms. The average Bonchev–Trinajstić information content (AvgIpc) is 3.00. The summed E-state index contributed by atoms with van der Waals surface area (Å²) in [5.41, 5.74) is 0.938. The lowest BCUT2D eigenvalue weighted by Crippen LogP contribution is -2.51. The van der Waals surface area contributed by atoms with Crippen molar-refractivity contribution in [1.29, 1.82) is 0 Å².